The maximum Gasteiger partial charge on any atom is 0.357 e. The third kappa shape index (κ3) is 3.36. The number of esters is 1. The normalized spacial score (nSPS) is 10.3. The molecule has 0 aliphatic carbocycles. The summed E-state index contributed by atoms with van der Waals surface area (Å²) < 4.78 is 6.48. The molecule has 5 nitrogen and oxygen atoms in total. The highest BCUT2D eigenvalue weighted by molar-refractivity contribution is 9.11. The van der Waals surface area contributed by atoms with Gasteiger partial charge in [-0.2, -0.15) is 0 Å². The van der Waals surface area contributed by atoms with Crippen molar-refractivity contribution >= 4 is 37.8 Å². The van der Waals surface area contributed by atoms with Crippen molar-refractivity contribution in [3.63, 3.8) is 0 Å². The summed E-state index contributed by atoms with van der Waals surface area (Å²) in [7, 11) is 0. The average Bonchev–Trinajstić information content (AvgIpc) is 2.39. The van der Waals surface area contributed by atoms with Gasteiger partial charge in [0.2, 0.25) is 0 Å². The van der Waals surface area contributed by atoms with Crippen molar-refractivity contribution in [1.82, 2.24) is 15.0 Å². The fraction of sp³-hybridized carbons (Fsp3) is 0.167. The smallest absolute Gasteiger partial charge is 0.357 e. The molecule has 0 aliphatic rings. The van der Waals surface area contributed by atoms with Crippen LogP contribution in [0.15, 0.2) is 33.5 Å². The van der Waals surface area contributed by atoms with E-state index in [1.54, 1.807) is 13.1 Å². The summed E-state index contributed by atoms with van der Waals surface area (Å²) in [4.78, 5) is 24.1. The highest BCUT2D eigenvalue weighted by atomic mass is 79.9. The molecule has 0 atom stereocenters. The molecule has 98 valence electrons. The maximum atomic E-state index is 11.6. The van der Waals surface area contributed by atoms with Crippen molar-refractivity contribution in [2.45, 2.75) is 6.92 Å². The Balaban J connectivity index is 2.40. The van der Waals surface area contributed by atoms with Crippen LogP contribution < -0.4 is 0 Å². The van der Waals surface area contributed by atoms with Gasteiger partial charge in [0.1, 0.15) is 5.69 Å². The van der Waals surface area contributed by atoms with Crippen molar-refractivity contribution in [3.8, 4) is 11.5 Å². The van der Waals surface area contributed by atoms with E-state index in [9.17, 15) is 4.79 Å². The number of hydrogen-bond donors (Lipinski definition) is 0. The molecule has 0 bridgehead atoms. The third-order valence-electron chi connectivity index (χ3n) is 2.16. The molecule has 2 rings (SSSR count). The van der Waals surface area contributed by atoms with E-state index >= 15 is 0 Å². The number of carbonyl (C=O) groups is 1. The molecular formula is C12H9Br2N3O2. The first-order chi connectivity index (χ1) is 9.11. The molecule has 19 heavy (non-hydrogen) atoms. The summed E-state index contributed by atoms with van der Waals surface area (Å²) >= 11 is 6.71. The zero-order valence-corrected chi connectivity index (χ0v) is 13.1. The third-order valence-corrected chi connectivity index (χ3v) is 3.20. The Morgan fingerprint density at radius 3 is 2.84 bits per heavy atom. The van der Waals surface area contributed by atoms with E-state index in [1.165, 1.54) is 12.3 Å². The molecule has 0 radical (unpaired) electrons. The van der Waals surface area contributed by atoms with Crippen molar-refractivity contribution in [2.24, 2.45) is 0 Å². The zero-order chi connectivity index (χ0) is 13.8. The van der Waals surface area contributed by atoms with Crippen LogP contribution >= 0.6 is 31.9 Å². The molecular weight excluding hydrogens is 378 g/mol. The van der Waals surface area contributed by atoms with E-state index in [1.807, 2.05) is 6.07 Å². The van der Waals surface area contributed by atoms with Gasteiger partial charge in [-0.25, -0.2) is 14.8 Å². The van der Waals surface area contributed by atoms with Gasteiger partial charge < -0.3 is 4.74 Å². The van der Waals surface area contributed by atoms with E-state index in [0.717, 1.165) is 8.95 Å². The molecule has 0 spiro atoms. The Kier molecular flexibility index (Phi) is 4.60. The summed E-state index contributed by atoms with van der Waals surface area (Å²) in [5.41, 5.74) is 0.776. The van der Waals surface area contributed by atoms with E-state index in [2.05, 4.69) is 46.8 Å². The second kappa shape index (κ2) is 6.21. The van der Waals surface area contributed by atoms with Crippen LogP contribution in [-0.2, 0) is 4.74 Å². The molecule has 7 heteroatoms. The predicted octanol–water partition coefficient (Wildman–Crippen LogP) is 3.24. The van der Waals surface area contributed by atoms with E-state index in [0.29, 0.717) is 18.1 Å². The van der Waals surface area contributed by atoms with Crippen LogP contribution in [0.5, 0.6) is 0 Å². The van der Waals surface area contributed by atoms with Gasteiger partial charge in [0.05, 0.1) is 6.61 Å². The van der Waals surface area contributed by atoms with Crippen molar-refractivity contribution in [1.29, 1.82) is 0 Å². The van der Waals surface area contributed by atoms with Gasteiger partial charge in [-0.3, -0.25) is 4.98 Å². The van der Waals surface area contributed by atoms with Crippen LogP contribution in [0, 0.1) is 0 Å². The van der Waals surface area contributed by atoms with Crippen LogP contribution in [0.1, 0.15) is 17.4 Å². The number of hydrogen-bond acceptors (Lipinski definition) is 5. The summed E-state index contributed by atoms with van der Waals surface area (Å²) in [5, 5.41) is 0. The molecule has 2 aromatic heterocycles. The average molecular weight is 387 g/mol. The first-order valence-corrected chi connectivity index (χ1v) is 7.02. The molecule has 0 saturated carbocycles. The largest absolute Gasteiger partial charge is 0.461 e. The minimum Gasteiger partial charge on any atom is -0.461 e. The Morgan fingerprint density at radius 1 is 1.37 bits per heavy atom. The molecule has 2 heterocycles. The Hall–Kier alpha value is -1.34. The van der Waals surface area contributed by atoms with E-state index in [-0.39, 0.29) is 5.69 Å². The minimum absolute atomic E-state index is 0.212. The number of aromatic nitrogens is 3. The van der Waals surface area contributed by atoms with Crippen LogP contribution in [0.4, 0.5) is 0 Å². The molecule has 0 unspecified atom stereocenters. The minimum atomic E-state index is -0.473. The quantitative estimate of drug-likeness (QED) is 0.757. The lowest BCUT2D eigenvalue weighted by Gasteiger charge is -2.05. The van der Waals surface area contributed by atoms with Gasteiger partial charge >= 0.3 is 5.97 Å². The van der Waals surface area contributed by atoms with Crippen LogP contribution in [0.3, 0.4) is 0 Å². The number of pyridine rings is 1. The Morgan fingerprint density at radius 2 is 2.16 bits per heavy atom. The Labute approximate surface area is 126 Å². The molecule has 0 amide bonds. The first-order valence-electron chi connectivity index (χ1n) is 5.43. The SMILES string of the molecule is CCOC(=O)c1ccnc(-c2ncc(Br)cc2Br)n1. The lowest BCUT2D eigenvalue weighted by atomic mass is 10.3. The van der Waals surface area contributed by atoms with Crippen LogP contribution in [0.2, 0.25) is 0 Å². The fourth-order valence-electron chi connectivity index (χ4n) is 1.37. The van der Waals surface area contributed by atoms with Gasteiger partial charge in [0.15, 0.2) is 11.5 Å². The summed E-state index contributed by atoms with van der Waals surface area (Å²) in [5.74, 6) is -0.107. The fourth-order valence-corrected chi connectivity index (χ4v) is 2.54. The summed E-state index contributed by atoms with van der Waals surface area (Å²) in [6.45, 7) is 2.05. The summed E-state index contributed by atoms with van der Waals surface area (Å²) in [6.07, 6.45) is 3.14. The highest BCUT2D eigenvalue weighted by Gasteiger charge is 2.13. The van der Waals surface area contributed by atoms with Gasteiger partial charge in [-0.1, -0.05) is 0 Å². The number of ether oxygens (including phenoxy) is 1. The predicted molar refractivity (Wildman–Crippen MR) is 76.6 cm³/mol. The van der Waals surface area contributed by atoms with E-state index < -0.39 is 5.97 Å². The van der Waals surface area contributed by atoms with Gasteiger partial charge in [0, 0.05) is 21.3 Å². The molecule has 0 N–H and O–H groups in total. The highest BCUT2D eigenvalue weighted by Crippen LogP contribution is 2.26. The van der Waals surface area contributed by atoms with Crippen molar-refractivity contribution in [3.05, 3.63) is 39.2 Å². The Bertz CT molecular complexity index is 620. The lowest BCUT2D eigenvalue weighted by molar-refractivity contribution is 0.0519. The van der Waals surface area contributed by atoms with Crippen molar-refractivity contribution in [2.75, 3.05) is 6.61 Å². The number of carbonyl (C=O) groups excluding carboxylic acids is 1. The molecule has 0 aromatic carbocycles. The van der Waals surface area contributed by atoms with Gasteiger partial charge in [-0.15, -0.1) is 0 Å². The maximum absolute atomic E-state index is 11.6. The van der Waals surface area contributed by atoms with Crippen LogP contribution in [-0.4, -0.2) is 27.5 Å². The molecule has 2 aromatic rings. The summed E-state index contributed by atoms with van der Waals surface area (Å²) in [6, 6.07) is 3.34. The van der Waals surface area contributed by atoms with Gasteiger partial charge in [-0.05, 0) is 50.9 Å². The monoisotopic (exact) mass is 385 g/mol. The second-order valence-corrected chi connectivity index (χ2v) is 5.24. The van der Waals surface area contributed by atoms with E-state index in [4.69, 9.17) is 4.74 Å². The first kappa shape index (κ1) is 14.1. The molecule has 0 fully saturated rings. The van der Waals surface area contributed by atoms with Gasteiger partial charge in [0.25, 0.3) is 0 Å². The van der Waals surface area contributed by atoms with Crippen molar-refractivity contribution < 1.29 is 9.53 Å². The molecule has 0 aliphatic heterocycles. The zero-order valence-electron chi connectivity index (χ0n) is 9.93. The lowest BCUT2D eigenvalue weighted by Crippen LogP contribution is -2.08. The second-order valence-electron chi connectivity index (χ2n) is 3.47. The number of halogens is 2. The number of nitrogens with zero attached hydrogens (tertiary/aromatic N) is 3. The van der Waals surface area contributed by atoms with Crippen LogP contribution in [0.25, 0.3) is 11.5 Å². The topological polar surface area (TPSA) is 65.0 Å². The molecule has 0 saturated heterocycles. The standard InChI is InChI=1S/C12H9Br2N3O2/c1-2-19-12(18)9-3-4-15-11(17-9)10-8(14)5-7(13)6-16-10/h3-6H,2H2,1H3. The number of rotatable bonds is 3.